The highest BCUT2D eigenvalue weighted by molar-refractivity contribution is 7.25. The number of fused-ring (bicyclic) bond motifs is 12. The van der Waals surface area contributed by atoms with Gasteiger partial charge in [-0.05, 0) is 60.7 Å². The van der Waals surface area contributed by atoms with Crippen molar-refractivity contribution in [1.29, 1.82) is 0 Å². The van der Waals surface area contributed by atoms with Crippen LogP contribution in [0, 0.1) is 0 Å². The second-order valence-corrected chi connectivity index (χ2v) is 14.5. The van der Waals surface area contributed by atoms with Crippen molar-refractivity contribution in [3.8, 4) is 22.9 Å². The van der Waals surface area contributed by atoms with Gasteiger partial charge >= 0.3 is 0 Å². The van der Waals surface area contributed by atoms with E-state index in [9.17, 15) is 0 Å². The molecule has 6 heteroatoms. The molecule has 52 heavy (non-hydrogen) atoms. The molecule has 0 aliphatic heterocycles. The molecule has 0 spiro atoms. The number of aromatic nitrogens is 4. The molecule has 0 radical (unpaired) electrons. The first-order valence-corrected chi connectivity index (χ1v) is 18.2. The molecule has 5 heterocycles. The first kappa shape index (κ1) is 28.0. The number of benzene rings is 7. The van der Waals surface area contributed by atoms with Gasteiger partial charge in [-0.25, -0.2) is 4.98 Å². The van der Waals surface area contributed by atoms with Gasteiger partial charge in [0.2, 0.25) is 11.7 Å². The third-order valence-electron chi connectivity index (χ3n) is 10.6. The van der Waals surface area contributed by atoms with Crippen molar-refractivity contribution in [2.75, 3.05) is 0 Å². The van der Waals surface area contributed by atoms with Crippen molar-refractivity contribution in [2.24, 2.45) is 0 Å². The molecule has 0 aliphatic rings. The van der Waals surface area contributed by atoms with Crippen molar-refractivity contribution in [1.82, 2.24) is 19.1 Å². The van der Waals surface area contributed by atoms with Crippen molar-refractivity contribution < 1.29 is 4.42 Å². The van der Waals surface area contributed by atoms with Crippen molar-refractivity contribution >= 4 is 97.2 Å². The highest BCUT2D eigenvalue weighted by atomic mass is 32.1. The van der Waals surface area contributed by atoms with E-state index in [4.69, 9.17) is 14.4 Å². The van der Waals surface area contributed by atoms with Crippen molar-refractivity contribution in [3.63, 3.8) is 0 Å². The topological polar surface area (TPSA) is 48.8 Å². The first-order valence-electron chi connectivity index (χ1n) is 17.4. The average Bonchev–Trinajstić information content (AvgIpc) is 3.94. The van der Waals surface area contributed by atoms with Crippen LogP contribution in [0.2, 0.25) is 0 Å². The highest BCUT2D eigenvalue weighted by Gasteiger charge is 2.23. The van der Waals surface area contributed by atoms with E-state index in [0.29, 0.717) is 11.7 Å². The molecule has 0 atom stereocenters. The van der Waals surface area contributed by atoms with Crippen LogP contribution in [-0.2, 0) is 0 Å². The van der Waals surface area contributed by atoms with Crippen LogP contribution in [0.15, 0.2) is 162 Å². The minimum Gasteiger partial charge on any atom is -0.437 e. The summed E-state index contributed by atoms with van der Waals surface area (Å²) < 4.78 is 13.7. The molecule has 0 amide bonds. The van der Waals surface area contributed by atoms with Gasteiger partial charge in [0.25, 0.3) is 0 Å². The van der Waals surface area contributed by atoms with Crippen LogP contribution in [0.1, 0.15) is 0 Å². The lowest BCUT2D eigenvalue weighted by Gasteiger charge is -2.11. The molecule has 0 saturated heterocycles. The molecule has 242 valence electrons. The quantitative estimate of drug-likeness (QED) is 0.186. The Morgan fingerprint density at radius 2 is 1.10 bits per heavy atom. The molecule has 5 aromatic heterocycles. The molecular weight excluding hydrogens is 657 g/mol. The molecule has 0 saturated carbocycles. The van der Waals surface area contributed by atoms with Crippen molar-refractivity contribution in [2.45, 2.75) is 0 Å². The van der Waals surface area contributed by atoms with Crippen LogP contribution in [-0.4, -0.2) is 19.1 Å². The van der Waals surface area contributed by atoms with E-state index < -0.39 is 0 Å². The second-order valence-electron chi connectivity index (χ2n) is 13.4. The predicted molar refractivity (Wildman–Crippen MR) is 216 cm³/mol. The summed E-state index contributed by atoms with van der Waals surface area (Å²) in [5.74, 6) is 0.582. The summed E-state index contributed by atoms with van der Waals surface area (Å²) in [6, 6.07) is 56.0. The SMILES string of the molecule is c1ccc(-n2c3ccccc3c3cc(-c4nc(-n5c6ccccc6c6cc7sc8ccccc8c7cc65)nc5oc6ccccc6c45)ccc32)cc1. The van der Waals surface area contributed by atoms with Crippen LogP contribution >= 0.6 is 11.3 Å². The van der Waals surface area contributed by atoms with Gasteiger partial charge < -0.3 is 8.98 Å². The molecule has 7 aromatic carbocycles. The maximum Gasteiger partial charge on any atom is 0.238 e. The Kier molecular flexibility index (Phi) is 5.59. The lowest BCUT2D eigenvalue weighted by Crippen LogP contribution is -2.02. The van der Waals surface area contributed by atoms with Gasteiger partial charge in [-0.3, -0.25) is 4.57 Å². The summed E-state index contributed by atoms with van der Waals surface area (Å²) in [4.78, 5) is 10.7. The molecule has 12 aromatic rings. The number of nitrogens with zero attached hydrogens (tertiary/aromatic N) is 4. The predicted octanol–water partition coefficient (Wildman–Crippen LogP) is 12.6. The third kappa shape index (κ3) is 3.81. The van der Waals surface area contributed by atoms with E-state index in [1.165, 1.54) is 47.2 Å². The number of furan rings is 1. The van der Waals surface area contributed by atoms with Crippen LogP contribution in [0.3, 0.4) is 0 Å². The van der Waals surface area contributed by atoms with Gasteiger partial charge in [0.15, 0.2) is 0 Å². The summed E-state index contributed by atoms with van der Waals surface area (Å²) in [7, 11) is 0. The van der Waals surface area contributed by atoms with Gasteiger partial charge in [-0.15, -0.1) is 11.3 Å². The minimum atomic E-state index is 0.570. The number of thiophene rings is 1. The average molecular weight is 683 g/mol. The van der Waals surface area contributed by atoms with E-state index in [1.807, 2.05) is 23.5 Å². The van der Waals surface area contributed by atoms with E-state index in [2.05, 4.69) is 155 Å². The summed E-state index contributed by atoms with van der Waals surface area (Å²) in [5, 5.41) is 9.13. The standard InChI is InChI=1S/C46H26N4OS/c1-2-12-28(13-3-1)49-36-18-8-4-14-29(36)33-24-27(22-23-38(33)49)44-43-32-17-6-10-20-40(32)51-45(43)48-46(47-44)50-37-19-9-5-15-30(37)34-26-42-35(25-39(34)50)31-16-7-11-21-41(31)52-42/h1-26H. The monoisotopic (exact) mass is 682 g/mol. The molecule has 0 N–H and O–H groups in total. The maximum absolute atomic E-state index is 6.55. The lowest BCUT2D eigenvalue weighted by molar-refractivity contribution is 0.651. The van der Waals surface area contributed by atoms with E-state index in [1.54, 1.807) is 0 Å². The number of hydrogen-bond acceptors (Lipinski definition) is 4. The summed E-state index contributed by atoms with van der Waals surface area (Å²) in [6.07, 6.45) is 0. The second kappa shape index (κ2) is 10.4. The highest BCUT2D eigenvalue weighted by Crippen LogP contribution is 2.42. The van der Waals surface area contributed by atoms with E-state index >= 15 is 0 Å². The largest absolute Gasteiger partial charge is 0.437 e. The third-order valence-corrected chi connectivity index (χ3v) is 11.7. The normalized spacial score (nSPS) is 12.2. The molecule has 0 fully saturated rings. The first-order chi connectivity index (χ1) is 25.8. The molecule has 0 aliphatic carbocycles. The zero-order chi connectivity index (χ0) is 33.9. The van der Waals surface area contributed by atoms with Crippen LogP contribution < -0.4 is 0 Å². The zero-order valence-electron chi connectivity index (χ0n) is 27.6. The van der Waals surface area contributed by atoms with Gasteiger partial charge in [-0.2, -0.15) is 4.98 Å². The zero-order valence-corrected chi connectivity index (χ0v) is 28.4. The van der Waals surface area contributed by atoms with Gasteiger partial charge in [0, 0.05) is 58.4 Å². The Labute approximate surface area is 300 Å². The Balaban J connectivity index is 1.18. The Morgan fingerprint density at radius 1 is 0.442 bits per heavy atom. The van der Waals surface area contributed by atoms with Crippen LogP contribution in [0.5, 0.6) is 0 Å². The Bertz CT molecular complexity index is 3420. The molecule has 0 bridgehead atoms. The van der Waals surface area contributed by atoms with Gasteiger partial charge in [0.1, 0.15) is 5.58 Å². The molecular formula is C46H26N4OS. The van der Waals surface area contributed by atoms with E-state index in [0.717, 1.165) is 49.9 Å². The van der Waals surface area contributed by atoms with E-state index in [-0.39, 0.29) is 0 Å². The minimum absolute atomic E-state index is 0.570. The number of rotatable bonds is 3. The summed E-state index contributed by atoms with van der Waals surface area (Å²) >= 11 is 1.84. The number of para-hydroxylation sites is 4. The fourth-order valence-electron chi connectivity index (χ4n) is 8.30. The molecule has 0 unspecified atom stereocenters. The maximum atomic E-state index is 6.55. The lowest BCUT2D eigenvalue weighted by atomic mass is 10.0. The fraction of sp³-hybridized carbons (Fsp3) is 0. The smallest absolute Gasteiger partial charge is 0.238 e. The van der Waals surface area contributed by atoms with Crippen LogP contribution in [0.25, 0.3) is 109 Å². The Hall–Kier alpha value is -6.76. The summed E-state index contributed by atoms with van der Waals surface area (Å²) in [5.41, 5.74) is 8.79. The van der Waals surface area contributed by atoms with Crippen LogP contribution in [0.4, 0.5) is 0 Å². The van der Waals surface area contributed by atoms with Gasteiger partial charge in [-0.1, -0.05) is 97.1 Å². The fourth-order valence-corrected chi connectivity index (χ4v) is 9.43. The van der Waals surface area contributed by atoms with Crippen molar-refractivity contribution in [3.05, 3.63) is 158 Å². The van der Waals surface area contributed by atoms with Gasteiger partial charge in [0.05, 0.1) is 33.1 Å². The number of hydrogen-bond donors (Lipinski definition) is 0. The molecule has 5 nitrogen and oxygen atoms in total. The Morgan fingerprint density at radius 3 is 1.92 bits per heavy atom. The molecule has 12 rings (SSSR count). The summed E-state index contributed by atoms with van der Waals surface area (Å²) in [6.45, 7) is 0.